The van der Waals surface area contributed by atoms with Crippen molar-refractivity contribution in [2.75, 3.05) is 0 Å². The molecule has 2 heterocycles. The third-order valence-corrected chi connectivity index (χ3v) is 4.90. The van der Waals surface area contributed by atoms with Crippen LogP contribution in [0.2, 0.25) is 0 Å². The molecular formula is C24H18N2. The van der Waals surface area contributed by atoms with E-state index in [9.17, 15) is 0 Å². The quantitative estimate of drug-likeness (QED) is 0.400. The van der Waals surface area contributed by atoms with Gasteiger partial charge in [0.1, 0.15) is 0 Å². The van der Waals surface area contributed by atoms with Gasteiger partial charge in [0.25, 0.3) is 0 Å². The first kappa shape index (κ1) is 14.9. The summed E-state index contributed by atoms with van der Waals surface area (Å²) < 4.78 is 0. The number of fused-ring (bicyclic) bond motifs is 2. The summed E-state index contributed by atoms with van der Waals surface area (Å²) in [5, 5.41) is 3.60. The molecule has 3 aromatic carbocycles. The molecule has 5 rings (SSSR count). The lowest BCUT2D eigenvalue weighted by molar-refractivity contribution is 1.35. The number of rotatable bonds is 2. The van der Waals surface area contributed by atoms with Crippen molar-refractivity contribution in [3.63, 3.8) is 0 Å². The molecule has 1 N–H and O–H groups in total. The van der Waals surface area contributed by atoms with Crippen LogP contribution in [0, 0.1) is 6.92 Å². The zero-order valence-electron chi connectivity index (χ0n) is 14.5. The fraction of sp³-hybridized carbons (Fsp3) is 0.0417. The van der Waals surface area contributed by atoms with E-state index in [4.69, 9.17) is 4.98 Å². The number of nitrogens with zero attached hydrogens (tertiary/aromatic N) is 1. The van der Waals surface area contributed by atoms with E-state index in [0.29, 0.717) is 0 Å². The average molecular weight is 334 g/mol. The molecule has 0 saturated carbocycles. The van der Waals surface area contributed by atoms with E-state index in [2.05, 4.69) is 90.9 Å². The minimum atomic E-state index is 1.00. The molecule has 2 heteroatoms. The van der Waals surface area contributed by atoms with E-state index in [-0.39, 0.29) is 0 Å². The number of pyridine rings is 1. The SMILES string of the molecule is Cc1ccc2cc(-c3ccccc3)nc(-c3c[nH]c4ccccc34)c2c1. The molecule has 0 aliphatic carbocycles. The number of hydrogen-bond acceptors (Lipinski definition) is 1. The predicted molar refractivity (Wildman–Crippen MR) is 109 cm³/mol. The molecule has 26 heavy (non-hydrogen) atoms. The van der Waals surface area contributed by atoms with Crippen molar-refractivity contribution in [3.8, 4) is 22.5 Å². The number of nitrogens with one attached hydrogen (secondary N) is 1. The van der Waals surface area contributed by atoms with Crippen LogP contribution in [0.5, 0.6) is 0 Å². The predicted octanol–water partition coefficient (Wildman–Crippen LogP) is 6.36. The van der Waals surface area contributed by atoms with Gasteiger partial charge in [-0.15, -0.1) is 0 Å². The largest absolute Gasteiger partial charge is 0.360 e. The van der Waals surface area contributed by atoms with Crippen LogP contribution in [0.3, 0.4) is 0 Å². The minimum Gasteiger partial charge on any atom is -0.360 e. The summed E-state index contributed by atoms with van der Waals surface area (Å²) in [6, 6.07) is 27.5. The lowest BCUT2D eigenvalue weighted by atomic mass is 9.99. The molecule has 0 amide bonds. The highest BCUT2D eigenvalue weighted by molar-refractivity contribution is 6.04. The highest BCUT2D eigenvalue weighted by Crippen LogP contribution is 2.35. The fourth-order valence-corrected chi connectivity index (χ4v) is 3.59. The Kier molecular flexibility index (Phi) is 3.36. The van der Waals surface area contributed by atoms with Gasteiger partial charge in [-0.25, -0.2) is 4.98 Å². The van der Waals surface area contributed by atoms with Crippen LogP contribution in [0.15, 0.2) is 85.1 Å². The zero-order valence-corrected chi connectivity index (χ0v) is 14.5. The summed E-state index contributed by atoms with van der Waals surface area (Å²) in [5.74, 6) is 0. The maximum Gasteiger partial charge on any atom is 0.0809 e. The molecule has 0 fully saturated rings. The first-order valence-electron chi connectivity index (χ1n) is 8.83. The third-order valence-electron chi connectivity index (χ3n) is 4.90. The second kappa shape index (κ2) is 5.85. The standard InChI is InChI=1S/C24H18N2/c1-16-11-12-18-14-23(17-7-3-2-4-8-17)26-24(20(18)13-16)21-15-25-22-10-6-5-9-19(21)22/h2-15,25H,1H3. The van der Waals surface area contributed by atoms with Gasteiger partial charge in [-0.05, 0) is 30.5 Å². The minimum absolute atomic E-state index is 1.00. The van der Waals surface area contributed by atoms with E-state index in [1.165, 1.54) is 21.7 Å². The van der Waals surface area contributed by atoms with Crippen LogP contribution in [-0.2, 0) is 0 Å². The number of aromatic amines is 1. The summed E-state index contributed by atoms with van der Waals surface area (Å²) in [5.41, 5.74) is 6.69. The van der Waals surface area contributed by atoms with Crippen LogP contribution in [0.4, 0.5) is 0 Å². The van der Waals surface area contributed by atoms with Crippen molar-refractivity contribution < 1.29 is 0 Å². The van der Waals surface area contributed by atoms with Gasteiger partial charge >= 0.3 is 0 Å². The number of aromatic nitrogens is 2. The lowest BCUT2D eigenvalue weighted by Crippen LogP contribution is -1.91. The summed E-state index contributed by atoms with van der Waals surface area (Å²) in [4.78, 5) is 8.47. The number of H-pyrrole nitrogens is 1. The smallest absolute Gasteiger partial charge is 0.0809 e. The number of hydrogen-bond donors (Lipinski definition) is 1. The van der Waals surface area contributed by atoms with Gasteiger partial charge in [0.15, 0.2) is 0 Å². The molecule has 0 unspecified atom stereocenters. The molecule has 0 spiro atoms. The molecule has 0 atom stereocenters. The lowest BCUT2D eigenvalue weighted by Gasteiger charge is -2.10. The molecule has 124 valence electrons. The van der Waals surface area contributed by atoms with Crippen LogP contribution < -0.4 is 0 Å². The maximum atomic E-state index is 5.08. The second-order valence-corrected chi connectivity index (χ2v) is 6.69. The van der Waals surface area contributed by atoms with E-state index >= 15 is 0 Å². The first-order valence-corrected chi connectivity index (χ1v) is 8.83. The van der Waals surface area contributed by atoms with Crippen molar-refractivity contribution in [1.29, 1.82) is 0 Å². The normalized spacial score (nSPS) is 11.3. The molecule has 2 nitrogen and oxygen atoms in total. The van der Waals surface area contributed by atoms with Crippen molar-refractivity contribution in [3.05, 3.63) is 90.6 Å². The summed E-state index contributed by atoms with van der Waals surface area (Å²) in [6.07, 6.45) is 2.07. The van der Waals surface area contributed by atoms with Crippen LogP contribution in [0.1, 0.15) is 5.56 Å². The molecular weight excluding hydrogens is 316 g/mol. The third kappa shape index (κ3) is 2.39. The first-order chi connectivity index (χ1) is 12.8. The summed E-state index contributed by atoms with van der Waals surface area (Å²) in [6.45, 7) is 2.13. The van der Waals surface area contributed by atoms with E-state index in [0.717, 1.165) is 28.0 Å². The highest BCUT2D eigenvalue weighted by atomic mass is 14.7. The zero-order chi connectivity index (χ0) is 17.5. The topological polar surface area (TPSA) is 28.7 Å². The van der Waals surface area contributed by atoms with E-state index in [1.807, 2.05) is 6.07 Å². The Hall–Kier alpha value is -3.39. The molecule has 0 radical (unpaired) electrons. The van der Waals surface area contributed by atoms with Gasteiger partial charge in [-0.1, -0.05) is 66.2 Å². The Bertz CT molecular complexity index is 1230. The van der Waals surface area contributed by atoms with E-state index < -0.39 is 0 Å². The molecule has 0 saturated heterocycles. The molecule has 2 aromatic heterocycles. The Morgan fingerprint density at radius 2 is 1.58 bits per heavy atom. The number of para-hydroxylation sites is 1. The van der Waals surface area contributed by atoms with Crippen LogP contribution >= 0.6 is 0 Å². The van der Waals surface area contributed by atoms with Crippen molar-refractivity contribution >= 4 is 21.7 Å². The van der Waals surface area contributed by atoms with Gasteiger partial charge in [0, 0.05) is 33.6 Å². The molecule has 0 aliphatic rings. The monoisotopic (exact) mass is 334 g/mol. The number of aryl methyl sites for hydroxylation is 1. The summed E-state index contributed by atoms with van der Waals surface area (Å²) >= 11 is 0. The maximum absolute atomic E-state index is 5.08. The average Bonchev–Trinajstić information content (AvgIpc) is 3.12. The van der Waals surface area contributed by atoms with Gasteiger partial charge in [-0.2, -0.15) is 0 Å². The fourth-order valence-electron chi connectivity index (χ4n) is 3.59. The molecule has 5 aromatic rings. The van der Waals surface area contributed by atoms with E-state index in [1.54, 1.807) is 0 Å². The molecule has 0 aliphatic heterocycles. The second-order valence-electron chi connectivity index (χ2n) is 6.69. The Morgan fingerprint density at radius 1 is 0.769 bits per heavy atom. The van der Waals surface area contributed by atoms with Gasteiger partial charge in [0.05, 0.1) is 11.4 Å². The highest BCUT2D eigenvalue weighted by Gasteiger charge is 2.13. The Balaban J connectivity index is 1.86. The van der Waals surface area contributed by atoms with Crippen molar-refractivity contribution in [1.82, 2.24) is 9.97 Å². The Morgan fingerprint density at radius 3 is 2.46 bits per heavy atom. The Labute approximate surface area is 152 Å². The van der Waals surface area contributed by atoms with Gasteiger partial charge in [0.2, 0.25) is 0 Å². The van der Waals surface area contributed by atoms with Crippen molar-refractivity contribution in [2.24, 2.45) is 0 Å². The summed E-state index contributed by atoms with van der Waals surface area (Å²) in [7, 11) is 0. The molecule has 0 bridgehead atoms. The van der Waals surface area contributed by atoms with Crippen molar-refractivity contribution in [2.45, 2.75) is 6.92 Å². The van der Waals surface area contributed by atoms with Gasteiger partial charge < -0.3 is 4.98 Å². The number of benzene rings is 3. The van der Waals surface area contributed by atoms with Gasteiger partial charge in [-0.3, -0.25) is 0 Å². The van der Waals surface area contributed by atoms with Crippen LogP contribution in [-0.4, -0.2) is 9.97 Å². The van der Waals surface area contributed by atoms with Crippen LogP contribution in [0.25, 0.3) is 44.2 Å².